The SMILES string of the molecule is CC(=O)c1c(-c2cccc(I)c2)c2[nH]c3ccc(Cl)cc3c2[nH]c1=O. The summed E-state index contributed by atoms with van der Waals surface area (Å²) in [5, 5.41) is 1.40. The van der Waals surface area contributed by atoms with Crippen LogP contribution >= 0.6 is 34.2 Å². The summed E-state index contributed by atoms with van der Waals surface area (Å²) in [7, 11) is 0. The predicted octanol–water partition coefficient (Wildman–Crippen LogP) is 5.14. The quantitative estimate of drug-likeness (QED) is 0.320. The number of hydrogen-bond donors (Lipinski definition) is 2. The van der Waals surface area contributed by atoms with Crippen LogP contribution in [0.4, 0.5) is 0 Å². The largest absolute Gasteiger partial charge is 0.353 e. The number of nitrogens with one attached hydrogen (secondary N) is 2. The summed E-state index contributed by atoms with van der Waals surface area (Å²) >= 11 is 8.33. The molecule has 0 saturated carbocycles. The average Bonchev–Trinajstić information content (AvgIpc) is 2.91. The third kappa shape index (κ3) is 2.67. The topological polar surface area (TPSA) is 65.7 Å². The van der Waals surface area contributed by atoms with Gasteiger partial charge >= 0.3 is 0 Å². The lowest BCUT2D eigenvalue weighted by Crippen LogP contribution is -2.17. The van der Waals surface area contributed by atoms with Gasteiger partial charge in [0.1, 0.15) is 0 Å². The van der Waals surface area contributed by atoms with Gasteiger partial charge in [-0.05, 0) is 65.4 Å². The molecule has 0 aliphatic rings. The lowest BCUT2D eigenvalue weighted by atomic mass is 9.97. The molecule has 4 rings (SSSR count). The van der Waals surface area contributed by atoms with E-state index >= 15 is 0 Å². The van der Waals surface area contributed by atoms with Crippen LogP contribution in [-0.4, -0.2) is 15.8 Å². The second kappa shape index (κ2) is 6.00. The van der Waals surface area contributed by atoms with Crippen LogP contribution in [0.15, 0.2) is 47.3 Å². The Morgan fingerprint density at radius 2 is 1.88 bits per heavy atom. The molecule has 124 valence electrons. The Hall–Kier alpha value is -2.12. The van der Waals surface area contributed by atoms with Crippen LogP contribution in [0, 0.1) is 3.57 Å². The Labute approximate surface area is 161 Å². The highest BCUT2D eigenvalue weighted by Crippen LogP contribution is 2.34. The van der Waals surface area contributed by atoms with Crippen LogP contribution in [0.3, 0.4) is 0 Å². The highest BCUT2D eigenvalue weighted by Gasteiger charge is 2.20. The second-order valence-electron chi connectivity index (χ2n) is 5.84. The number of pyridine rings is 1. The second-order valence-corrected chi connectivity index (χ2v) is 7.52. The zero-order valence-corrected chi connectivity index (χ0v) is 16.0. The normalized spacial score (nSPS) is 11.3. The molecule has 2 aromatic heterocycles. The molecule has 0 atom stereocenters. The highest BCUT2D eigenvalue weighted by atomic mass is 127. The summed E-state index contributed by atoms with van der Waals surface area (Å²) in [6, 6.07) is 13.2. The number of H-pyrrole nitrogens is 2. The average molecular weight is 463 g/mol. The van der Waals surface area contributed by atoms with Crippen molar-refractivity contribution in [2.24, 2.45) is 0 Å². The minimum atomic E-state index is -0.394. The molecule has 2 aromatic carbocycles. The monoisotopic (exact) mass is 462 g/mol. The highest BCUT2D eigenvalue weighted by molar-refractivity contribution is 14.1. The Bertz CT molecular complexity index is 1220. The molecular formula is C19H12ClIN2O2. The first-order chi connectivity index (χ1) is 12.0. The minimum Gasteiger partial charge on any atom is -0.353 e. The smallest absolute Gasteiger partial charge is 0.260 e. The van der Waals surface area contributed by atoms with Crippen LogP contribution in [0.2, 0.25) is 5.02 Å². The molecule has 0 aliphatic heterocycles. The van der Waals surface area contributed by atoms with Crippen molar-refractivity contribution >= 4 is 61.9 Å². The summed E-state index contributed by atoms with van der Waals surface area (Å²) in [5.41, 5.74) is 3.44. The Kier molecular flexibility index (Phi) is 3.92. The summed E-state index contributed by atoms with van der Waals surface area (Å²) < 4.78 is 1.03. The van der Waals surface area contributed by atoms with Gasteiger partial charge in [-0.2, -0.15) is 0 Å². The van der Waals surface area contributed by atoms with Crippen LogP contribution in [-0.2, 0) is 0 Å². The number of fused-ring (bicyclic) bond motifs is 3. The fraction of sp³-hybridized carbons (Fsp3) is 0.0526. The van der Waals surface area contributed by atoms with Gasteiger partial charge in [-0.3, -0.25) is 9.59 Å². The lowest BCUT2D eigenvalue weighted by Gasteiger charge is -2.09. The standard InChI is InChI=1S/C19H12ClIN2O2/c1-9(24)15-16(10-3-2-4-12(21)7-10)18-17(23-19(15)25)13-8-11(20)5-6-14(13)22-18/h2-8,22H,1H3,(H,23,25). The molecule has 0 saturated heterocycles. The number of aromatic amines is 2. The van der Waals surface area contributed by atoms with E-state index in [1.54, 1.807) is 12.1 Å². The van der Waals surface area contributed by atoms with Crippen molar-refractivity contribution in [1.82, 2.24) is 9.97 Å². The van der Waals surface area contributed by atoms with E-state index in [0.717, 1.165) is 25.6 Å². The van der Waals surface area contributed by atoms with E-state index < -0.39 is 5.56 Å². The third-order valence-electron chi connectivity index (χ3n) is 4.19. The van der Waals surface area contributed by atoms with Crippen LogP contribution in [0.1, 0.15) is 17.3 Å². The van der Waals surface area contributed by atoms with E-state index in [2.05, 4.69) is 32.6 Å². The van der Waals surface area contributed by atoms with Gasteiger partial charge in [0.15, 0.2) is 5.78 Å². The number of aromatic nitrogens is 2. The van der Waals surface area contributed by atoms with Gasteiger partial charge in [-0.15, -0.1) is 0 Å². The number of hydrogen-bond acceptors (Lipinski definition) is 2. The van der Waals surface area contributed by atoms with E-state index in [0.29, 0.717) is 16.1 Å². The number of Topliss-reactive ketones (excluding diaryl/α,β-unsaturated/α-hetero) is 1. The predicted molar refractivity (Wildman–Crippen MR) is 110 cm³/mol. The van der Waals surface area contributed by atoms with Crippen molar-refractivity contribution in [1.29, 1.82) is 0 Å². The van der Waals surface area contributed by atoms with Gasteiger partial charge in [0.05, 0.1) is 16.6 Å². The number of rotatable bonds is 2. The molecule has 25 heavy (non-hydrogen) atoms. The van der Waals surface area contributed by atoms with Gasteiger partial charge in [-0.25, -0.2) is 0 Å². The van der Waals surface area contributed by atoms with E-state index in [1.807, 2.05) is 30.3 Å². The molecular weight excluding hydrogens is 451 g/mol. The van der Waals surface area contributed by atoms with E-state index in [9.17, 15) is 9.59 Å². The number of carbonyl (C=O) groups is 1. The molecule has 0 aliphatic carbocycles. The lowest BCUT2D eigenvalue weighted by molar-refractivity contribution is 0.101. The van der Waals surface area contributed by atoms with Gasteiger partial charge in [0.2, 0.25) is 0 Å². The minimum absolute atomic E-state index is 0.159. The summed E-state index contributed by atoms with van der Waals surface area (Å²) in [4.78, 5) is 31.0. The zero-order valence-electron chi connectivity index (χ0n) is 13.1. The maximum Gasteiger partial charge on any atom is 0.260 e. The van der Waals surface area contributed by atoms with Crippen molar-refractivity contribution in [2.45, 2.75) is 6.92 Å². The molecule has 0 unspecified atom stereocenters. The van der Waals surface area contributed by atoms with Crippen LogP contribution in [0.5, 0.6) is 0 Å². The molecule has 2 N–H and O–H groups in total. The third-order valence-corrected chi connectivity index (χ3v) is 5.10. The van der Waals surface area contributed by atoms with Crippen molar-refractivity contribution in [3.8, 4) is 11.1 Å². The summed E-state index contributed by atoms with van der Waals surface area (Å²) in [5.74, 6) is -0.270. The molecule has 4 nitrogen and oxygen atoms in total. The summed E-state index contributed by atoms with van der Waals surface area (Å²) in [6.07, 6.45) is 0. The molecule has 0 spiro atoms. The maximum absolute atomic E-state index is 12.7. The maximum atomic E-state index is 12.7. The van der Waals surface area contributed by atoms with Crippen molar-refractivity contribution < 1.29 is 4.79 Å². The van der Waals surface area contributed by atoms with Crippen LogP contribution < -0.4 is 5.56 Å². The number of ketones is 1. The summed E-state index contributed by atoms with van der Waals surface area (Å²) in [6.45, 7) is 1.41. The molecule has 2 heterocycles. The first kappa shape index (κ1) is 16.4. The fourth-order valence-electron chi connectivity index (χ4n) is 3.16. The van der Waals surface area contributed by atoms with Gasteiger partial charge in [0.25, 0.3) is 5.56 Å². The number of halogens is 2. The fourth-order valence-corrected chi connectivity index (χ4v) is 3.88. The van der Waals surface area contributed by atoms with Crippen molar-refractivity contribution in [2.75, 3.05) is 0 Å². The molecule has 6 heteroatoms. The van der Waals surface area contributed by atoms with Crippen molar-refractivity contribution in [3.05, 3.63) is 67.0 Å². The first-order valence-corrected chi connectivity index (χ1v) is 9.05. The molecule has 0 radical (unpaired) electrons. The number of carbonyl (C=O) groups excluding carboxylic acids is 1. The molecule has 4 aromatic rings. The molecule has 0 fully saturated rings. The van der Waals surface area contributed by atoms with Gasteiger partial charge in [-0.1, -0.05) is 23.7 Å². The zero-order chi connectivity index (χ0) is 17.7. The number of benzene rings is 2. The van der Waals surface area contributed by atoms with E-state index in [1.165, 1.54) is 6.92 Å². The van der Waals surface area contributed by atoms with E-state index in [4.69, 9.17) is 11.6 Å². The molecule has 0 bridgehead atoms. The molecule has 0 amide bonds. The van der Waals surface area contributed by atoms with Crippen molar-refractivity contribution in [3.63, 3.8) is 0 Å². The van der Waals surface area contributed by atoms with Crippen LogP contribution in [0.25, 0.3) is 33.1 Å². The Morgan fingerprint density at radius 1 is 1.08 bits per heavy atom. The Balaban J connectivity index is 2.24. The van der Waals surface area contributed by atoms with Gasteiger partial charge < -0.3 is 9.97 Å². The van der Waals surface area contributed by atoms with Gasteiger partial charge in [0, 0.05) is 25.1 Å². The van der Waals surface area contributed by atoms with E-state index in [-0.39, 0.29) is 11.3 Å². The Morgan fingerprint density at radius 3 is 2.60 bits per heavy atom. The first-order valence-electron chi connectivity index (χ1n) is 7.60.